The van der Waals surface area contributed by atoms with Gasteiger partial charge in [0.15, 0.2) is 21.8 Å². The quantitative estimate of drug-likeness (QED) is 0.0766. The minimum Gasteiger partial charge on any atom is -0.494 e. The number of nitrogens with zero attached hydrogens (tertiary/aromatic N) is 7. The molecule has 0 unspecified atom stereocenters. The average molecular weight is 721 g/mol. The van der Waals surface area contributed by atoms with E-state index in [1.54, 1.807) is 25.4 Å². The molecular weight excluding hydrogens is 686 g/mol. The molecule has 0 bridgehead atoms. The summed E-state index contributed by atoms with van der Waals surface area (Å²) in [5.41, 5.74) is 12.2. The Morgan fingerprint density at radius 1 is 0.822 bits per heavy atom. The van der Waals surface area contributed by atoms with Crippen LogP contribution in [-0.4, -0.2) is 86.5 Å². The molecule has 0 radical (unpaired) electrons. The molecule has 0 saturated heterocycles. The molecule has 0 fully saturated rings. The summed E-state index contributed by atoms with van der Waals surface area (Å²) in [6, 6.07) is 7.02. The van der Waals surface area contributed by atoms with Crippen molar-refractivity contribution in [3.05, 3.63) is 70.5 Å². The molecule has 4 aromatic rings. The molecule has 4 N–H and O–H groups in total. The van der Waals surface area contributed by atoms with E-state index in [4.69, 9.17) is 25.8 Å². The summed E-state index contributed by atoms with van der Waals surface area (Å²) in [4.78, 5) is 53.1. The van der Waals surface area contributed by atoms with Crippen molar-refractivity contribution in [3.63, 3.8) is 0 Å². The maximum Gasteiger partial charge on any atom is 0.282 e. The Morgan fingerprint density at radius 3 is 1.78 bits per heavy atom. The van der Waals surface area contributed by atoms with Gasteiger partial charge >= 0.3 is 0 Å². The molecular formula is C28H34BrN9O5S2. The van der Waals surface area contributed by atoms with Gasteiger partial charge in [0.1, 0.15) is 27.6 Å². The van der Waals surface area contributed by atoms with E-state index >= 15 is 0 Å². The smallest absolute Gasteiger partial charge is 0.282 e. The third-order valence-corrected chi connectivity index (χ3v) is 7.41. The van der Waals surface area contributed by atoms with E-state index in [2.05, 4.69) is 45.8 Å². The number of carbonyl (C=O) groups is 2. The van der Waals surface area contributed by atoms with Crippen molar-refractivity contribution in [2.45, 2.75) is 24.2 Å². The predicted octanol–water partition coefficient (Wildman–Crippen LogP) is 4.46. The number of carbonyl (C=O) groups excluding carboxylic acids is 2. The largest absolute Gasteiger partial charge is 0.494 e. The summed E-state index contributed by atoms with van der Waals surface area (Å²) in [6.45, 7) is 3.98. The van der Waals surface area contributed by atoms with Crippen LogP contribution in [0.15, 0.2) is 64.0 Å². The van der Waals surface area contributed by atoms with Crippen LogP contribution in [0.4, 0.5) is 11.6 Å². The third kappa shape index (κ3) is 11.1. The highest BCUT2D eigenvalue weighted by Gasteiger charge is 2.20. The Kier molecular flexibility index (Phi) is 16.0. The number of aromatic nitrogens is 6. The highest BCUT2D eigenvalue weighted by atomic mass is 79.9. The number of ketones is 1. The zero-order chi connectivity index (χ0) is 33.4. The fourth-order valence-corrected chi connectivity index (χ4v) is 4.63. The van der Waals surface area contributed by atoms with Crippen LogP contribution in [-0.2, 0) is 4.84 Å². The summed E-state index contributed by atoms with van der Waals surface area (Å²) < 4.78 is 10.8. The molecule has 4 heterocycles. The number of rotatable bonds is 10. The van der Waals surface area contributed by atoms with E-state index in [1.165, 1.54) is 63.4 Å². The van der Waals surface area contributed by atoms with Gasteiger partial charge in [-0.25, -0.2) is 35.0 Å². The van der Waals surface area contributed by atoms with E-state index in [-0.39, 0.29) is 40.1 Å². The first-order chi connectivity index (χ1) is 21.6. The standard InChI is InChI=1S/C13H14N4O2S.C9H14N4O2S.C6H6BrNO/c1-3-20-13-16-7-8(12(14)17-13)11(18)10-9(19-2)5-4-6-15-10;1-4-16-9-11-5-6(7(10)12-9)8(14)13(2)15-3;1-9-5-3-2-4-8-6(5)7/h4-7H,3H2,1-2H3,(H2,14,16,17);5H,4H2,1-3H3,(H2,10,11,12);2-4H,1H3. The highest BCUT2D eigenvalue weighted by molar-refractivity contribution is 9.10. The first kappa shape index (κ1) is 37.1. The molecule has 17 heteroatoms. The number of pyridine rings is 2. The Morgan fingerprint density at radius 2 is 1.33 bits per heavy atom. The number of hydrogen-bond donors (Lipinski definition) is 2. The summed E-state index contributed by atoms with van der Waals surface area (Å²) in [6.07, 6.45) is 6.07. The number of anilines is 2. The van der Waals surface area contributed by atoms with Crippen LogP contribution in [0, 0.1) is 0 Å². The van der Waals surface area contributed by atoms with Gasteiger partial charge in [0.2, 0.25) is 5.78 Å². The minimum atomic E-state index is -0.368. The highest BCUT2D eigenvalue weighted by Crippen LogP contribution is 2.23. The maximum atomic E-state index is 12.4. The normalized spacial score (nSPS) is 10.0. The van der Waals surface area contributed by atoms with Crippen molar-refractivity contribution in [1.29, 1.82) is 0 Å². The molecule has 0 saturated carbocycles. The van der Waals surface area contributed by atoms with Gasteiger partial charge in [-0.2, -0.15) is 0 Å². The number of nitrogen functional groups attached to an aromatic ring is 2. The second kappa shape index (κ2) is 19.4. The van der Waals surface area contributed by atoms with Crippen molar-refractivity contribution in [2.24, 2.45) is 0 Å². The Balaban J connectivity index is 0.000000252. The lowest BCUT2D eigenvalue weighted by molar-refractivity contribution is -0.0756. The summed E-state index contributed by atoms with van der Waals surface area (Å²) in [5.74, 6) is 2.43. The summed E-state index contributed by atoms with van der Waals surface area (Å²) in [7, 11) is 5.99. The number of thioether (sulfide) groups is 2. The SMILES string of the molecule is CCSc1ncc(C(=O)N(C)OC)c(N)n1.CCSc1ncc(C(=O)c2ncccc2OC)c(N)n1.COc1cccnc1Br. The zero-order valence-electron chi connectivity index (χ0n) is 25.6. The van der Waals surface area contributed by atoms with Crippen molar-refractivity contribution in [1.82, 2.24) is 35.0 Å². The van der Waals surface area contributed by atoms with Crippen LogP contribution in [0.25, 0.3) is 0 Å². The number of methoxy groups -OCH3 is 2. The lowest BCUT2D eigenvalue weighted by Gasteiger charge is -2.14. The van der Waals surface area contributed by atoms with E-state index in [9.17, 15) is 9.59 Å². The van der Waals surface area contributed by atoms with Gasteiger partial charge in [-0.05, 0) is 51.7 Å². The van der Waals surface area contributed by atoms with Crippen molar-refractivity contribution < 1.29 is 23.9 Å². The Bertz CT molecular complexity index is 1570. The van der Waals surface area contributed by atoms with Gasteiger partial charge in [0, 0.05) is 31.8 Å². The van der Waals surface area contributed by atoms with Gasteiger partial charge in [-0.15, -0.1) is 0 Å². The maximum absolute atomic E-state index is 12.4. The van der Waals surface area contributed by atoms with Gasteiger partial charge in [0.05, 0.1) is 26.9 Å². The van der Waals surface area contributed by atoms with Crippen molar-refractivity contribution in [2.75, 3.05) is 51.4 Å². The monoisotopic (exact) mass is 719 g/mol. The molecule has 0 aliphatic rings. The number of hydroxylamine groups is 2. The van der Waals surface area contributed by atoms with Crippen LogP contribution in [0.1, 0.15) is 40.3 Å². The molecule has 0 spiro atoms. The van der Waals surface area contributed by atoms with E-state index < -0.39 is 0 Å². The molecule has 0 atom stereocenters. The van der Waals surface area contributed by atoms with Gasteiger partial charge < -0.3 is 20.9 Å². The molecule has 0 aliphatic carbocycles. The number of hydrogen-bond acceptors (Lipinski definition) is 15. The fraction of sp³-hybridized carbons (Fsp3) is 0.286. The first-order valence-electron chi connectivity index (χ1n) is 13.1. The predicted molar refractivity (Wildman–Crippen MR) is 177 cm³/mol. The van der Waals surface area contributed by atoms with Crippen LogP contribution >= 0.6 is 39.5 Å². The van der Waals surface area contributed by atoms with Crippen LogP contribution in [0.3, 0.4) is 0 Å². The van der Waals surface area contributed by atoms with Crippen LogP contribution in [0.5, 0.6) is 11.5 Å². The number of ether oxygens (including phenoxy) is 2. The molecule has 1 amide bonds. The third-order valence-electron chi connectivity index (χ3n) is 5.32. The molecule has 240 valence electrons. The molecule has 4 aromatic heterocycles. The van der Waals surface area contributed by atoms with Crippen molar-refractivity contribution in [3.8, 4) is 11.5 Å². The Hall–Kier alpha value is -4.06. The van der Waals surface area contributed by atoms with Gasteiger partial charge in [-0.1, -0.05) is 37.4 Å². The molecule has 14 nitrogen and oxygen atoms in total. The minimum absolute atomic E-state index is 0.147. The van der Waals surface area contributed by atoms with Crippen molar-refractivity contribution >= 4 is 62.8 Å². The Labute approximate surface area is 278 Å². The fourth-order valence-electron chi connectivity index (χ4n) is 3.12. The lowest BCUT2D eigenvalue weighted by Crippen LogP contribution is -2.26. The topological polar surface area (TPSA) is 194 Å². The summed E-state index contributed by atoms with van der Waals surface area (Å²) >= 11 is 6.15. The zero-order valence-corrected chi connectivity index (χ0v) is 28.8. The van der Waals surface area contributed by atoms with Gasteiger partial charge in [-0.3, -0.25) is 14.4 Å². The van der Waals surface area contributed by atoms with Crippen LogP contribution < -0.4 is 20.9 Å². The van der Waals surface area contributed by atoms with E-state index in [0.29, 0.717) is 16.1 Å². The average Bonchev–Trinajstić information content (AvgIpc) is 3.05. The molecule has 4 rings (SSSR count). The molecule has 0 aromatic carbocycles. The first-order valence-corrected chi connectivity index (χ1v) is 15.9. The number of halogens is 1. The molecule has 45 heavy (non-hydrogen) atoms. The molecule has 0 aliphatic heterocycles. The van der Waals surface area contributed by atoms with Gasteiger partial charge in [0.25, 0.3) is 5.91 Å². The second-order valence-corrected chi connectivity index (χ2v) is 11.3. The lowest BCUT2D eigenvalue weighted by atomic mass is 10.1. The number of amides is 1. The second-order valence-electron chi connectivity index (χ2n) is 8.13. The van der Waals surface area contributed by atoms with Crippen LogP contribution in [0.2, 0.25) is 0 Å². The summed E-state index contributed by atoms with van der Waals surface area (Å²) in [5, 5.41) is 2.19. The number of nitrogens with two attached hydrogens (primary N) is 2. The van der Waals surface area contributed by atoms with E-state index in [1.807, 2.05) is 26.0 Å². The van der Waals surface area contributed by atoms with E-state index in [0.717, 1.165) is 26.9 Å².